The first-order chi connectivity index (χ1) is 6.67. The zero-order valence-electron chi connectivity index (χ0n) is 9.33. The SMILES string of the molecule is CC.CC1(C)C=CC=C2OCOC2=C1. The minimum atomic E-state index is 0.0568. The molecule has 1 aliphatic carbocycles. The molecule has 0 spiro atoms. The Morgan fingerprint density at radius 3 is 2.50 bits per heavy atom. The Bertz CT molecular complexity index is 283. The van der Waals surface area contributed by atoms with Gasteiger partial charge in [-0.3, -0.25) is 0 Å². The second-order valence-corrected chi connectivity index (χ2v) is 3.63. The lowest BCUT2D eigenvalue weighted by atomic mass is 9.93. The van der Waals surface area contributed by atoms with E-state index >= 15 is 0 Å². The van der Waals surface area contributed by atoms with Crippen molar-refractivity contribution in [2.75, 3.05) is 6.79 Å². The highest BCUT2D eigenvalue weighted by Gasteiger charge is 2.22. The topological polar surface area (TPSA) is 18.5 Å². The van der Waals surface area contributed by atoms with Crippen molar-refractivity contribution in [3.8, 4) is 0 Å². The Morgan fingerprint density at radius 1 is 1.14 bits per heavy atom. The molecule has 1 fully saturated rings. The molecule has 0 unspecified atom stereocenters. The van der Waals surface area contributed by atoms with Gasteiger partial charge in [0.25, 0.3) is 0 Å². The maximum absolute atomic E-state index is 5.30. The Kier molecular flexibility index (Phi) is 3.39. The fraction of sp³-hybridized carbons (Fsp3) is 0.500. The van der Waals surface area contributed by atoms with Crippen molar-refractivity contribution < 1.29 is 9.47 Å². The summed E-state index contributed by atoms with van der Waals surface area (Å²) >= 11 is 0. The number of allylic oxidation sites excluding steroid dienone is 4. The lowest BCUT2D eigenvalue weighted by Crippen LogP contribution is -2.03. The average molecular weight is 194 g/mol. The monoisotopic (exact) mass is 194 g/mol. The summed E-state index contributed by atoms with van der Waals surface area (Å²) < 4.78 is 10.6. The third-order valence-corrected chi connectivity index (χ3v) is 1.95. The summed E-state index contributed by atoms with van der Waals surface area (Å²) in [6.45, 7) is 8.62. The Morgan fingerprint density at radius 2 is 1.79 bits per heavy atom. The summed E-state index contributed by atoms with van der Waals surface area (Å²) in [5, 5.41) is 0. The van der Waals surface area contributed by atoms with Crippen LogP contribution in [0.15, 0.2) is 35.8 Å². The molecule has 2 nitrogen and oxygen atoms in total. The second-order valence-electron chi connectivity index (χ2n) is 3.63. The van der Waals surface area contributed by atoms with Crippen molar-refractivity contribution in [2.24, 2.45) is 5.41 Å². The molecule has 78 valence electrons. The standard InChI is InChI=1S/C10H12O2.C2H6/c1-10(2)5-3-4-8-9(6-10)12-7-11-8;1-2/h3-6H,7H2,1-2H3;1-2H3. The van der Waals surface area contributed by atoms with Gasteiger partial charge in [-0.15, -0.1) is 0 Å². The molecule has 1 saturated heterocycles. The van der Waals surface area contributed by atoms with Crippen LogP contribution >= 0.6 is 0 Å². The molecule has 2 aliphatic rings. The number of rotatable bonds is 0. The zero-order valence-corrected chi connectivity index (χ0v) is 9.33. The van der Waals surface area contributed by atoms with Crippen molar-refractivity contribution in [2.45, 2.75) is 27.7 Å². The first-order valence-electron chi connectivity index (χ1n) is 5.06. The minimum absolute atomic E-state index is 0.0568. The highest BCUT2D eigenvalue weighted by molar-refractivity contribution is 5.33. The summed E-state index contributed by atoms with van der Waals surface area (Å²) in [6, 6.07) is 0. The van der Waals surface area contributed by atoms with E-state index < -0.39 is 0 Å². The molecule has 0 saturated carbocycles. The van der Waals surface area contributed by atoms with E-state index in [0.717, 1.165) is 11.5 Å². The van der Waals surface area contributed by atoms with Crippen molar-refractivity contribution in [1.82, 2.24) is 0 Å². The van der Waals surface area contributed by atoms with Gasteiger partial charge in [-0.05, 0) is 12.2 Å². The fourth-order valence-electron chi connectivity index (χ4n) is 1.31. The summed E-state index contributed by atoms with van der Waals surface area (Å²) in [5.41, 5.74) is 0.0568. The van der Waals surface area contributed by atoms with Gasteiger partial charge in [0, 0.05) is 5.41 Å². The zero-order chi connectivity index (χ0) is 10.6. The fourth-order valence-corrected chi connectivity index (χ4v) is 1.31. The molecule has 0 radical (unpaired) electrons. The van der Waals surface area contributed by atoms with Gasteiger partial charge in [-0.25, -0.2) is 0 Å². The average Bonchev–Trinajstić information content (AvgIpc) is 2.50. The van der Waals surface area contributed by atoms with Crippen LogP contribution in [0.3, 0.4) is 0 Å². The van der Waals surface area contributed by atoms with E-state index in [1.165, 1.54) is 0 Å². The predicted octanol–water partition coefficient (Wildman–Crippen LogP) is 3.38. The van der Waals surface area contributed by atoms with Crippen LogP contribution in [0.5, 0.6) is 0 Å². The van der Waals surface area contributed by atoms with Gasteiger partial charge in [-0.1, -0.05) is 39.8 Å². The largest absolute Gasteiger partial charge is 0.454 e. The van der Waals surface area contributed by atoms with Crippen molar-refractivity contribution in [1.29, 1.82) is 0 Å². The van der Waals surface area contributed by atoms with Crippen LogP contribution in [-0.2, 0) is 9.47 Å². The van der Waals surface area contributed by atoms with Crippen LogP contribution in [-0.4, -0.2) is 6.79 Å². The molecule has 1 heterocycles. The summed E-state index contributed by atoms with van der Waals surface area (Å²) in [7, 11) is 0. The smallest absolute Gasteiger partial charge is 0.231 e. The third-order valence-electron chi connectivity index (χ3n) is 1.95. The van der Waals surface area contributed by atoms with Crippen LogP contribution in [0, 0.1) is 5.41 Å². The number of fused-ring (bicyclic) bond motifs is 1. The molecule has 2 heteroatoms. The van der Waals surface area contributed by atoms with Gasteiger partial charge in [0.15, 0.2) is 11.5 Å². The van der Waals surface area contributed by atoms with Gasteiger partial charge in [0.2, 0.25) is 6.79 Å². The van der Waals surface area contributed by atoms with E-state index in [9.17, 15) is 0 Å². The van der Waals surface area contributed by atoms with E-state index in [-0.39, 0.29) is 5.41 Å². The molecule has 0 amide bonds. The Hall–Kier alpha value is -1.18. The van der Waals surface area contributed by atoms with Crippen LogP contribution in [0.25, 0.3) is 0 Å². The van der Waals surface area contributed by atoms with Crippen molar-refractivity contribution in [3.05, 3.63) is 35.8 Å². The van der Waals surface area contributed by atoms with Crippen LogP contribution in [0.1, 0.15) is 27.7 Å². The van der Waals surface area contributed by atoms with E-state index in [1.54, 1.807) is 0 Å². The molecule has 1 aliphatic heterocycles. The van der Waals surface area contributed by atoms with Crippen LogP contribution in [0.2, 0.25) is 0 Å². The second kappa shape index (κ2) is 4.36. The molecule has 0 bridgehead atoms. The Labute approximate surface area is 85.9 Å². The van der Waals surface area contributed by atoms with Gasteiger partial charge < -0.3 is 9.47 Å². The van der Waals surface area contributed by atoms with Crippen molar-refractivity contribution >= 4 is 0 Å². The van der Waals surface area contributed by atoms with E-state index in [1.807, 2.05) is 26.0 Å². The maximum atomic E-state index is 5.30. The molecule has 0 aromatic rings. The molecule has 0 atom stereocenters. The predicted molar refractivity (Wildman–Crippen MR) is 57.5 cm³/mol. The first-order valence-corrected chi connectivity index (χ1v) is 5.06. The molecule has 2 rings (SSSR count). The molecular formula is C12H18O2. The summed E-state index contributed by atoms with van der Waals surface area (Å²) in [5.74, 6) is 1.71. The molecule has 0 N–H and O–H groups in total. The first kappa shape index (κ1) is 10.9. The number of ether oxygens (including phenoxy) is 2. The molecule has 0 aromatic heterocycles. The van der Waals surface area contributed by atoms with E-state index in [0.29, 0.717) is 6.79 Å². The number of hydrogen-bond donors (Lipinski definition) is 0. The lowest BCUT2D eigenvalue weighted by molar-refractivity contribution is 0.0969. The highest BCUT2D eigenvalue weighted by atomic mass is 16.7. The maximum Gasteiger partial charge on any atom is 0.231 e. The van der Waals surface area contributed by atoms with Gasteiger partial charge in [0.1, 0.15) is 0 Å². The normalized spacial score (nSPS) is 21.4. The molecule has 14 heavy (non-hydrogen) atoms. The number of hydrogen-bond acceptors (Lipinski definition) is 2. The summed E-state index contributed by atoms with van der Waals surface area (Å²) in [4.78, 5) is 0. The van der Waals surface area contributed by atoms with E-state index in [2.05, 4.69) is 26.0 Å². The van der Waals surface area contributed by atoms with Crippen molar-refractivity contribution in [3.63, 3.8) is 0 Å². The summed E-state index contributed by atoms with van der Waals surface area (Å²) in [6.07, 6.45) is 8.15. The van der Waals surface area contributed by atoms with Gasteiger partial charge in [-0.2, -0.15) is 0 Å². The van der Waals surface area contributed by atoms with E-state index in [4.69, 9.17) is 9.47 Å². The van der Waals surface area contributed by atoms with Gasteiger partial charge >= 0.3 is 0 Å². The van der Waals surface area contributed by atoms with Crippen LogP contribution < -0.4 is 0 Å². The Balaban J connectivity index is 0.000000461. The molecule has 0 aromatic carbocycles. The quantitative estimate of drug-likeness (QED) is 0.588. The lowest BCUT2D eigenvalue weighted by Gasteiger charge is -2.13. The van der Waals surface area contributed by atoms with Gasteiger partial charge in [0.05, 0.1) is 0 Å². The highest BCUT2D eigenvalue weighted by Crippen LogP contribution is 2.31. The molecular weight excluding hydrogens is 176 g/mol. The third kappa shape index (κ3) is 2.41. The minimum Gasteiger partial charge on any atom is -0.454 e. The van der Waals surface area contributed by atoms with Crippen LogP contribution in [0.4, 0.5) is 0 Å².